The van der Waals surface area contributed by atoms with Crippen LogP contribution in [0, 0.1) is 24.1 Å². The number of benzene rings is 2. The first-order valence-electron chi connectivity index (χ1n) is 12.1. The van der Waals surface area contributed by atoms with E-state index in [1.807, 2.05) is 0 Å². The standard InChI is InChI=1S/C25H29F4N7O2S/c1-16-10-22(32-20-6-4-19(26)5-7-20)18(12-30)11-21(16)23-15-36(39(37,38)24-13-31-34(3)33-24)9-8-35(23)14-17(2)25(27,28)29/h4-7,10-13,17,23,30,32H,8-9,14-15H2,1-3H3/t17-,23+/m1/s1. The molecule has 2 N–H and O–H groups in total. The summed E-state index contributed by atoms with van der Waals surface area (Å²) in [6, 6.07) is 8.39. The smallest absolute Gasteiger partial charge is 0.355 e. The van der Waals surface area contributed by atoms with Crippen molar-refractivity contribution in [3.05, 3.63) is 65.1 Å². The van der Waals surface area contributed by atoms with Crippen molar-refractivity contribution < 1.29 is 26.0 Å². The van der Waals surface area contributed by atoms with Crippen LogP contribution in [-0.4, -0.2) is 71.2 Å². The molecule has 3 aromatic rings. The van der Waals surface area contributed by atoms with Crippen LogP contribution in [0.25, 0.3) is 0 Å². The van der Waals surface area contributed by atoms with Gasteiger partial charge in [0.1, 0.15) is 5.82 Å². The van der Waals surface area contributed by atoms with Crippen molar-refractivity contribution in [2.75, 3.05) is 31.5 Å². The summed E-state index contributed by atoms with van der Waals surface area (Å²) < 4.78 is 81.6. The zero-order chi connectivity index (χ0) is 28.5. The van der Waals surface area contributed by atoms with Gasteiger partial charge in [0.2, 0.25) is 5.03 Å². The Balaban J connectivity index is 1.71. The van der Waals surface area contributed by atoms with Crippen molar-refractivity contribution in [1.82, 2.24) is 24.2 Å². The molecular formula is C25H29F4N7O2S. The first-order chi connectivity index (χ1) is 18.3. The zero-order valence-corrected chi connectivity index (χ0v) is 22.4. The third-order valence-electron chi connectivity index (χ3n) is 6.78. The fourth-order valence-corrected chi connectivity index (χ4v) is 5.90. The molecule has 0 saturated carbocycles. The van der Waals surface area contributed by atoms with Gasteiger partial charge in [0.25, 0.3) is 10.0 Å². The fourth-order valence-electron chi connectivity index (χ4n) is 4.58. The maximum atomic E-state index is 13.5. The first-order valence-corrected chi connectivity index (χ1v) is 13.6. The Bertz CT molecular complexity index is 1440. The number of rotatable bonds is 8. The van der Waals surface area contributed by atoms with Crippen LogP contribution in [0.2, 0.25) is 0 Å². The topological polar surface area (TPSA) is 107 Å². The predicted octanol–water partition coefficient (Wildman–Crippen LogP) is 4.25. The van der Waals surface area contributed by atoms with Crippen molar-refractivity contribution in [1.29, 1.82) is 5.41 Å². The Labute approximate surface area is 224 Å². The lowest BCUT2D eigenvalue weighted by Crippen LogP contribution is -2.52. The number of nitrogens with one attached hydrogen (secondary N) is 2. The average molecular weight is 568 g/mol. The van der Waals surface area contributed by atoms with E-state index in [4.69, 9.17) is 5.41 Å². The van der Waals surface area contributed by atoms with E-state index in [-0.39, 0.29) is 31.2 Å². The number of piperazine rings is 1. The summed E-state index contributed by atoms with van der Waals surface area (Å²) in [6.45, 7) is 2.51. The summed E-state index contributed by atoms with van der Waals surface area (Å²) in [5.41, 5.74) is 2.88. The summed E-state index contributed by atoms with van der Waals surface area (Å²) in [5, 5.41) is 18.6. The van der Waals surface area contributed by atoms with Crippen molar-refractivity contribution in [3.63, 3.8) is 0 Å². The Hall–Kier alpha value is -3.36. The monoisotopic (exact) mass is 567 g/mol. The van der Waals surface area contributed by atoms with E-state index < -0.39 is 34.0 Å². The molecule has 1 saturated heterocycles. The molecule has 2 aromatic carbocycles. The molecule has 9 nitrogen and oxygen atoms in total. The second kappa shape index (κ2) is 11.0. The zero-order valence-electron chi connectivity index (χ0n) is 21.6. The van der Waals surface area contributed by atoms with Gasteiger partial charge in [0, 0.05) is 62.4 Å². The van der Waals surface area contributed by atoms with E-state index in [1.54, 1.807) is 36.1 Å². The molecule has 1 aromatic heterocycles. The SMILES string of the molecule is Cc1cc(Nc2ccc(F)cc2)c(C=N)cc1[C@@H]1CN(S(=O)(=O)c2cnn(C)n2)CCN1C[C@@H](C)C(F)(F)F. The van der Waals surface area contributed by atoms with Gasteiger partial charge in [-0.3, -0.25) is 4.90 Å². The maximum absolute atomic E-state index is 13.5. The van der Waals surface area contributed by atoms with Gasteiger partial charge in [-0.1, -0.05) is 6.92 Å². The molecular weight excluding hydrogens is 538 g/mol. The minimum atomic E-state index is -4.41. The van der Waals surface area contributed by atoms with Crippen molar-refractivity contribution in [2.45, 2.75) is 31.1 Å². The Morgan fingerprint density at radius 2 is 1.90 bits per heavy atom. The molecule has 0 amide bonds. The molecule has 1 aliphatic heterocycles. The second-order valence-corrected chi connectivity index (χ2v) is 11.4. The number of hydrogen-bond donors (Lipinski definition) is 2. The van der Waals surface area contributed by atoms with E-state index in [0.717, 1.165) is 24.1 Å². The van der Waals surface area contributed by atoms with Gasteiger partial charge in [0.15, 0.2) is 0 Å². The van der Waals surface area contributed by atoms with Crippen LogP contribution in [-0.2, 0) is 17.1 Å². The largest absolute Gasteiger partial charge is 0.392 e. The lowest BCUT2D eigenvalue weighted by Gasteiger charge is -2.42. The molecule has 0 unspecified atom stereocenters. The van der Waals surface area contributed by atoms with Crippen LogP contribution in [0.1, 0.15) is 29.7 Å². The third kappa shape index (κ3) is 6.28. The highest BCUT2D eigenvalue weighted by Gasteiger charge is 2.42. The fraction of sp³-hybridized carbons (Fsp3) is 0.400. The van der Waals surface area contributed by atoms with Crippen LogP contribution < -0.4 is 5.32 Å². The molecule has 210 valence electrons. The number of aromatic nitrogens is 3. The number of sulfonamides is 1. The number of hydrogen-bond acceptors (Lipinski definition) is 7. The highest BCUT2D eigenvalue weighted by molar-refractivity contribution is 7.89. The minimum absolute atomic E-state index is 0.0132. The van der Waals surface area contributed by atoms with Crippen LogP contribution >= 0.6 is 0 Å². The Morgan fingerprint density at radius 3 is 2.49 bits per heavy atom. The van der Waals surface area contributed by atoms with E-state index in [9.17, 15) is 26.0 Å². The first kappa shape index (κ1) is 28.6. The van der Waals surface area contributed by atoms with Gasteiger partial charge in [-0.15, -0.1) is 5.10 Å². The van der Waals surface area contributed by atoms with Crippen molar-refractivity contribution >= 4 is 27.6 Å². The molecule has 4 rings (SSSR count). The number of anilines is 2. The molecule has 1 fully saturated rings. The Kier molecular flexibility index (Phi) is 8.09. The Morgan fingerprint density at radius 1 is 1.21 bits per heavy atom. The molecule has 14 heteroatoms. The summed E-state index contributed by atoms with van der Waals surface area (Å²) in [7, 11) is -2.55. The molecule has 2 atom stereocenters. The van der Waals surface area contributed by atoms with Crippen molar-refractivity contribution in [2.24, 2.45) is 13.0 Å². The van der Waals surface area contributed by atoms with Gasteiger partial charge in [0.05, 0.1) is 12.1 Å². The average Bonchev–Trinajstić information content (AvgIpc) is 3.32. The van der Waals surface area contributed by atoms with Crippen LogP contribution in [0.3, 0.4) is 0 Å². The molecule has 1 aliphatic rings. The summed E-state index contributed by atoms with van der Waals surface area (Å²) in [5.74, 6) is -2.03. The number of alkyl halides is 3. The summed E-state index contributed by atoms with van der Waals surface area (Å²) >= 11 is 0. The van der Waals surface area contributed by atoms with Crippen LogP contribution in [0.15, 0.2) is 47.6 Å². The summed E-state index contributed by atoms with van der Waals surface area (Å²) in [4.78, 5) is 2.77. The quantitative estimate of drug-likeness (QED) is 0.311. The van der Waals surface area contributed by atoms with E-state index in [0.29, 0.717) is 28.1 Å². The number of nitrogens with zero attached hydrogens (tertiary/aromatic N) is 5. The lowest BCUT2D eigenvalue weighted by molar-refractivity contribution is -0.176. The van der Waals surface area contributed by atoms with E-state index >= 15 is 0 Å². The van der Waals surface area contributed by atoms with Crippen LogP contribution in [0.4, 0.5) is 28.9 Å². The number of aryl methyl sites for hydroxylation is 2. The third-order valence-corrected chi connectivity index (χ3v) is 8.51. The normalized spacial score (nSPS) is 18.2. The number of halogens is 4. The van der Waals surface area contributed by atoms with Crippen molar-refractivity contribution in [3.8, 4) is 0 Å². The highest BCUT2D eigenvalue weighted by Crippen LogP contribution is 2.36. The lowest BCUT2D eigenvalue weighted by atomic mass is 9.94. The molecule has 0 radical (unpaired) electrons. The second-order valence-electron chi connectivity index (χ2n) is 9.56. The molecule has 0 aliphatic carbocycles. The van der Waals surface area contributed by atoms with Gasteiger partial charge in [-0.25, -0.2) is 12.8 Å². The predicted molar refractivity (Wildman–Crippen MR) is 138 cm³/mol. The van der Waals surface area contributed by atoms with Gasteiger partial charge in [-0.2, -0.15) is 27.4 Å². The maximum Gasteiger partial charge on any atom is 0.392 e. The highest BCUT2D eigenvalue weighted by atomic mass is 32.2. The molecule has 0 spiro atoms. The van der Waals surface area contributed by atoms with Gasteiger partial charge >= 0.3 is 6.18 Å². The molecule has 39 heavy (non-hydrogen) atoms. The van der Waals surface area contributed by atoms with Crippen LogP contribution in [0.5, 0.6) is 0 Å². The minimum Gasteiger partial charge on any atom is -0.355 e. The molecule has 2 heterocycles. The molecule has 0 bridgehead atoms. The summed E-state index contributed by atoms with van der Waals surface area (Å²) in [6.07, 6.45) is -2.17. The van der Waals surface area contributed by atoms with Gasteiger partial charge in [-0.05, 0) is 54.4 Å². The van der Waals surface area contributed by atoms with E-state index in [1.165, 1.54) is 23.5 Å². The van der Waals surface area contributed by atoms with Gasteiger partial charge < -0.3 is 10.7 Å². The van der Waals surface area contributed by atoms with E-state index in [2.05, 4.69) is 15.5 Å².